The number of carbonyl (C=O) groups excluding carboxylic acids is 1. The van der Waals surface area contributed by atoms with E-state index in [1.807, 2.05) is 13.2 Å². The van der Waals surface area contributed by atoms with E-state index in [0.717, 1.165) is 17.7 Å². The number of hydrogen-bond donors (Lipinski definition) is 2. The summed E-state index contributed by atoms with van der Waals surface area (Å²) in [4.78, 5) is 15.8. The van der Waals surface area contributed by atoms with Crippen molar-refractivity contribution in [2.75, 3.05) is 18.6 Å². The second-order valence-corrected chi connectivity index (χ2v) is 4.87. The molecule has 1 aromatic heterocycles. The van der Waals surface area contributed by atoms with Crippen molar-refractivity contribution >= 4 is 17.7 Å². The molecule has 17 heavy (non-hydrogen) atoms. The van der Waals surface area contributed by atoms with Gasteiger partial charge in [0.05, 0.1) is 18.2 Å². The molecule has 1 amide bonds. The summed E-state index contributed by atoms with van der Waals surface area (Å²) in [6.07, 6.45) is 6.00. The Kier molecular flexibility index (Phi) is 6.00. The van der Waals surface area contributed by atoms with E-state index < -0.39 is 0 Å². The summed E-state index contributed by atoms with van der Waals surface area (Å²) in [5, 5.41) is 12.0. The largest absolute Gasteiger partial charge is 0.394 e. The Bertz CT molecular complexity index is 371. The lowest BCUT2D eigenvalue weighted by Crippen LogP contribution is -2.38. The zero-order valence-corrected chi connectivity index (χ0v) is 11.0. The highest BCUT2D eigenvalue weighted by Gasteiger charge is 2.12. The van der Waals surface area contributed by atoms with Crippen molar-refractivity contribution in [3.63, 3.8) is 0 Å². The van der Waals surface area contributed by atoms with Crippen molar-refractivity contribution < 1.29 is 9.90 Å². The molecular formula is C12H18N2O2S. The van der Waals surface area contributed by atoms with Crippen LogP contribution in [0.15, 0.2) is 18.5 Å². The van der Waals surface area contributed by atoms with E-state index in [1.54, 1.807) is 24.0 Å². The number of aryl methyl sites for hydroxylation is 1. The first-order valence-electron chi connectivity index (χ1n) is 5.49. The van der Waals surface area contributed by atoms with Crippen molar-refractivity contribution in [3.05, 3.63) is 29.6 Å². The lowest BCUT2D eigenvalue weighted by Gasteiger charge is -2.15. The summed E-state index contributed by atoms with van der Waals surface area (Å²) in [6, 6.07) is 1.60. The number of aliphatic hydroxyl groups excluding tert-OH is 1. The molecule has 1 atom stereocenters. The topological polar surface area (TPSA) is 62.2 Å². The third kappa shape index (κ3) is 4.75. The van der Waals surface area contributed by atoms with Crippen molar-refractivity contribution in [1.29, 1.82) is 0 Å². The second kappa shape index (κ2) is 7.29. The Morgan fingerprint density at radius 3 is 2.94 bits per heavy atom. The van der Waals surface area contributed by atoms with Crippen molar-refractivity contribution in [2.45, 2.75) is 19.4 Å². The fourth-order valence-corrected chi connectivity index (χ4v) is 1.94. The minimum absolute atomic E-state index is 0.0362. The molecule has 94 valence electrons. The number of aliphatic hydroxyl groups is 1. The van der Waals surface area contributed by atoms with Gasteiger partial charge in [0.25, 0.3) is 5.91 Å². The van der Waals surface area contributed by atoms with E-state index in [4.69, 9.17) is 5.11 Å². The number of nitrogens with one attached hydrogen (secondary N) is 1. The van der Waals surface area contributed by atoms with E-state index in [0.29, 0.717) is 5.56 Å². The predicted octanol–water partition coefficient (Wildman–Crippen LogP) is 1.23. The molecule has 0 unspecified atom stereocenters. The standard InChI is InChI=1S/C12H18N2O2S/c1-9-5-10(7-13-6-9)12(16)14-11(8-15)3-4-17-2/h5-7,11,15H,3-4,8H2,1-2H3,(H,14,16)/t11-/m1/s1. The van der Waals surface area contributed by atoms with Gasteiger partial charge in [0.15, 0.2) is 0 Å². The maximum Gasteiger partial charge on any atom is 0.253 e. The number of rotatable bonds is 6. The van der Waals surface area contributed by atoms with Gasteiger partial charge in [-0.25, -0.2) is 0 Å². The van der Waals surface area contributed by atoms with E-state index in [1.165, 1.54) is 6.20 Å². The fraction of sp³-hybridized carbons (Fsp3) is 0.500. The predicted molar refractivity (Wildman–Crippen MR) is 70.3 cm³/mol. The van der Waals surface area contributed by atoms with E-state index in [2.05, 4.69) is 10.3 Å². The van der Waals surface area contributed by atoms with Crippen LogP contribution in [0.4, 0.5) is 0 Å². The molecule has 2 N–H and O–H groups in total. The number of aromatic nitrogens is 1. The van der Waals surface area contributed by atoms with Crippen LogP contribution in [0, 0.1) is 6.92 Å². The highest BCUT2D eigenvalue weighted by Crippen LogP contribution is 2.04. The van der Waals surface area contributed by atoms with Crippen LogP contribution < -0.4 is 5.32 Å². The van der Waals surface area contributed by atoms with Crippen LogP contribution >= 0.6 is 11.8 Å². The molecule has 1 heterocycles. The average molecular weight is 254 g/mol. The number of nitrogens with zero attached hydrogens (tertiary/aromatic N) is 1. The molecule has 5 heteroatoms. The van der Waals surface area contributed by atoms with Crippen LogP contribution in [0.3, 0.4) is 0 Å². The summed E-state index contributed by atoms with van der Waals surface area (Å²) in [7, 11) is 0. The normalized spacial score (nSPS) is 12.2. The Morgan fingerprint density at radius 1 is 1.59 bits per heavy atom. The Balaban J connectivity index is 2.58. The van der Waals surface area contributed by atoms with Gasteiger partial charge in [0.2, 0.25) is 0 Å². The lowest BCUT2D eigenvalue weighted by atomic mass is 10.2. The Morgan fingerprint density at radius 2 is 2.35 bits per heavy atom. The van der Waals surface area contributed by atoms with Gasteiger partial charge in [0, 0.05) is 12.4 Å². The molecule has 0 bridgehead atoms. The van der Waals surface area contributed by atoms with Crippen LogP contribution in [0.25, 0.3) is 0 Å². The molecule has 0 aliphatic heterocycles. The Labute approximate surface area is 106 Å². The molecule has 4 nitrogen and oxygen atoms in total. The van der Waals surface area contributed by atoms with Crippen LogP contribution in [-0.2, 0) is 0 Å². The average Bonchev–Trinajstić information content (AvgIpc) is 2.34. The van der Waals surface area contributed by atoms with Crippen molar-refractivity contribution in [2.24, 2.45) is 0 Å². The number of amides is 1. The lowest BCUT2D eigenvalue weighted by molar-refractivity contribution is 0.0915. The van der Waals surface area contributed by atoms with E-state index in [-0.39, 0.29) is 18.6 Å². The van der Waals surface area contributed by atoms with Gasteiger partial charge >= 0.3 is 0 Å². The molecule has 0 saturated carbocycles. The highest BCUT2D eigenvalue weighted by atomic mass is 32.2. The number of thioether (sulfide) groups is 1. The first-order chi connectivity index (χ1) is 8.17. The van der Waals surface area contributed by atoms with Crippen LogP contribution in [-0.4, -0.2) is 40.7 Å². The zero-order valence-electron chi connectivity index (χ0n) is 10.1. The summed E-state index contributed by atoms with van der Waals surface area (Å²) in [5.41, 5.74) is 1.48. The van der Waals surface area contributed by atoms with Gasteiger partial charge < -0.3 is 10.4 Å². The molecule has 0 aliphatic carbocycles. The van der Waals surface area contributed by atoms with E-state index >= 15 is 0 Å². The molecule has 0 aromatic carbocycles. The zero-order chi connectivity index (χ0) is 12.7. The minimum atomic E-state index is -0.185. The van der Waals surface area contributed by atoms with Gasteiger partial charge in [0.1, 0.15) is 0 Å². The monoisotopic (exact) mass is 254 g/mol. The number of carbonyl (C=O) groups is 1. The molecule has 1 aromatic rings. The molecule has 0 spiro atoms. The SMILES string of the molecule is CSCC[C@H](CO)NC(=O)c1cncc(C)c1. The molecular weight excluding hydrogens is 236 g/mol. The van der Waals surface area contributed by atoms with Gasteiger partial charge in [-0.3, -0.25) is 9.78 Å². The summed E-state index contributed by atoms with van der Waals surface area (Å²) < 4.78 is 0. The molecule has 0 saturated heterocycles. The third-order valence-electron chi connectivity index (χ3n) is 2.36. The molecule has 0 radical (unpaired) electrons. The van der Waals surface area contributed by atoms with Crippen LogP contribution in [0.2, 0.25) is 0 Å². The summed E-state index contributed by atoms with van der Waals surface area (Å²) >= 11 is 1.70. The fourth-order valence-electron chi connectivity index (χ4n) is 1.42. The molecule has 1 rings (SSSR count). The molecule has 0 fully saturated rings. The summed E-state index contributed by atoms with van der Waals surface area (Å²) in [6.45, 7) is 1.85. The van der Waals surface area contributed by atoms with Crippen LogP contribution in [0.5, 0.6) is 0 Å². The second-order valence-electron chi connectivity index (χ2n) is 3.89. The van der Waals surface area contributed by atoms with Crippen molar-refractivity contribution in [1.82, 2.24) is 10.3 Å². The maximum atomic E-state index is 11.9. The number of pyridine rings is 1. The Hall–Kier alpha value is -1.07. The maximum absolute atomic E-state index is 11.9. The summed E-state index contributed by atoms with van der Waals surface area (Å²) in [5.74, 6) is 0.735. The smallest absolute Gasteiger partial charge is 0.253 e. The van der Waals surface area contributed by atoms with Gasteiger partial charge in [-0.2, -0.15) is 11.8 Å². The van der Waals surface area contributed by atoms with Gasteiger partial charge in [-0.15, -0.1) is 0 Å². The van der Waals surface area contributed by atoms with E-state index in [9.17, 15) is 4.79 Å². The molecule has 0 aliphatic rings. The highest BCUT2D eigenvalue weighted by molar-refractivity contribution is 7.98. The van der Waals surface area contributed by atoms with Crippen molar-refractivity contribution in [3.8, 4) is 0 Å². The first kappa shape index (κ1) is 14.0. The van der Waals surface area contributed by atoms with Gasteiger partial charge in [-0.1, -0.05) is 0 Å². The quantitative estimate of drug-likeness (QED) is 0.801. The van der Waals surface area contributed by atoms with Gasteiger partial charge in [-0.05, 0) is 37.0 Å². The number of hydrogen-bond acceptors (Lipinski definition) is 4. The minimum Gasteiger partial charge on any atom is -0.394 e. The first-order valence-corrected chi connectivity index (χ1v) is 6.89. The third-order valence-corrected chi connectivity index (χ3v) is 3.01. The van der Waals surface area contributed by atoms with Crippen LogP contribution in [0.1, 0.15) is 22.3 Å².